The van der Waals surface area contributed by atoms with E-state index in [9.17, 15) is 13.2 Å². The first-order valence-corrected chi connectivity index (χ1v) is 12.2. The van der Waals surface area contributed by atoms with E-state index in [2.05, 4.69) is 4.90 Å². The lowest BCUT2D eigenvalue weighted by atomic mass is 9.95. The molecule has 1 aromatic rings. The second-order valence-corrected chi connectivity index (χ2v) is 10.6. The van der Waals surface area contributed by atoms with Crippen molar-refractivity contribution in [2.24, 2.45) is 5.92 Å². The van der Waals surface area contributed by atoms with E-state index in [1.165, 1.54) is 18.4 Å². The standard InChI is InChI=1S/C21H31N3O5S/c1-22(2)30(26,27)17-5-6-19(23-9-3-4-10-23)18(15-17)20(25)24-11-7-16(8-12-24)21-28-13-14-29-21/h5-6,15-16,21H,3-4,7-14H2,1-2H3. The Morgan fingerprint density at radius 3 is 2.27 bits per heavy atom. The molecule has 8 nitrogen and oxygen atoms in total. The highest BCUT2D eigenvalue weighted by molar-refractivity contribution is 7.89. The van der Waals surface area contributed by atoms with Gasteiger partial charge in [0, 0.05) is 51.9 Å². The van der Waals surface area contributed by atoms with Gasteiger partial charge in [0.15, 0.2) is 6.29 Å². The summed E-state index contributed by atoms with van der Waals surface area (Å²) in [6.07, 6.45) is 3.66. The molecule has 0 radical (unpaired) electrons. The molecule has 4 rings (SSSR count). The Kier molecular flexibility index (Phi) is 6.34. The van der Waals surface area contributed by atoms with Gasteiger partial charge in [0.05, 0.1) is 23.7 Å². The number of likely N-dealkylation sites (tertiary alicyclic amines) is 1. The predicted octanol–water partition coefficient (Wildman–Crippen LogP) is 1.76. The number of rotatable bonds is 5. The number of anilines is 1. The second kappa shape index (κ2) is 8.82. The topological polar surface area (TPSA) is 79.4 Å². The third kappa shape index (κ3) is 4.21. The highest BCUT2D eigenvalue weighted by Crippen LogP contribution is 2.31. The molecule has 0 aromatic heterocycles. The molecule has 9 heteroatoms. The van der Waals surface area contributed by atoms with Crippen LogP contribution in [0.3, 0.4) is 0 Å². The van der Waals surface area contributed by atoms with Crippen molar-refractivity contribution in [1.82, 2.24) is 9.21 Å². The molecule has 1 amide bonds. The van der Waals surface area contributed by atoms with Crippen LogP contribution in [0.25, 0.3) is 0 Å². The summed E-state index contributed by atoms with van der Waals surface area (Å²) >= 11 is 0. The second-order valence-electron chi connectivity index (χ2n) is 8.40. The van der Waals surface area contributed by atoms with E-state index in [0.29, 0.717) is 37.8 Å². The van der Waals surface area contributed by atoms with Crippen LogP contribution in [0.2, 0.25) is 0 Å². The number of piperidine rings is 1. The minimum Gasteiger partial charge on any atom is -0.371 e. The van der Waals surface area contributed by atoms with Gasteiger partial charge < -0.3 is 19.3 Å². The fourth-order valence-corrected chi connectivity index (χ4v) is 5.41. The van der Waals surface area contributed by atoms with Gasteiger partial charge in [-0.3, -0.25) is 4.79 Å². The molecule has 0 saturated carbocycles. The largest absolute Gasteiger partial charge is 0.371 e. The smallest absolute Gasteiger partial charge is 0.256 e. The van der Waals surface area contributed by atoms with Gasteiger partial charge in [-0.15, -0.1) is 0 Å². The fraction of sp³-hybridized carbons (Fsp3) is 0.667. The van der Waals surface area contributed by atoms with E-state index >= 15 is 0 Å². The van der Waals surface area contributed by atoms with Gasteiger partial charge in [-0.05, 0) is 43.9 Å². The molecule has 0 unspecified atom stereocenters. The molecule has 3 aliphatic heterocycles. The van der Waals surface area contributed by atoms with Crippen LogP contribution >= 0.6 is 0 Å². The average Bonchev–Trinajstić information content (AvgIpc) is 3.47. The summed E-state index contributed by atoms with van der Waals surface area (Å²) in [5.74, 6) is 0.203. The molecular weight excluding hydrogens is 406 g/mol. The third-order valence-corrected chi connectivity index (χ3v) is 8.09. The summed E-state index contributed by atoms with van der Waals surface area (Å²) in [6, 6.07) is 4.96. The molecule has 166 valence electrons. The van der Waals surface area contributed by atoms with Crippen LogP contribution in [0.4, 0.5) is 5.69 Å². The molecule has 3 aliphatic rings. The number of nitrogens with zero attached hydrogens (tertiary/aromatic N) is 3. The molecule has 30 heavy (non-hydrogen) atoms. The Labute approximate surface area is 178 Å². The lowest BCUT2D eigenvalue weighted by Gasteiger charge is -2.34. The van der Waals surface area contributed by atoms with Crippen LogP contribution in [0.1, 0.15) is 36.0 Å². The summed E-state index contributed by atoms with van der Waals surface area (Å²) in [6.45, 7) is 4.29. The fourth-order valence-electron chi connectivity index (χ4n) is 4.49. The number of carbonyl (C=O) groups excluding carboxylic acids is 1. The van der Waals surface area contributed by atoms with Crippen molar-refractivity contribution < 1.29 is 22.7 Å². The molecule has 3 fully saturated rings. The van der Waals surface area contributed by atoms with Gasteiger partial charge in [-0.25, -0.2) is 12.7 Å². The Hall–Kier alpha value is -1.68. The summed E-state index contributed by atoms with van der Waals surface area (Å²) in [4.78, 5) is 17.7. The minimum absolute atomic E-state index is 0.0978. The van der Waals surface area contributed by atoms with Crippen LogP contribution in [0.15, 0.2) is 23.1 Å². The van der Waals surface area contributed by atoms with Crippen molar-refractivity contribution in [3.63, 3.8) is 0 Å². The van der Waals surface area contributed by atoms with Gasteiger partial charge in [-0.1, -0.05) is 0 Å². The predicted molar refractivity (Wildman–Crippen MR) is 113 cm³/mol. The zero-order valence-corrected chi connectivity index (χ0v) is 18.6. The number of ether oxygens (including phenoxy) is 2. The Morgan fingerprint density at radius 2 is 1.67 bits per heavy atom. The molecule has 0 N–H and O–H groups in total. The molecular formula is C21H31N3O5S. The van der Waals surface area contributed by atoms with E-state index < -0.39 is 10.0 Å². The van der Waals surface area contributed by atoms with Crippen molar-refractivity contribution in [3.8, 4) is 0 Å². The van der Waals surface area contributed by atoms with E-state index in [0.717, 1.165) is 44.5 Å². The zero-order valence-electron chi connectivity index (χ0n) is 17.7. The van der Waals surface area contributed by atoms with E-state index in [-0.39, 0.29) is 17.1 Å². The SMILES string of the molecule is CN(C)S(=O)(=O)c1ccc(N2CCCC2)c(C(=O)N2CCC(C3OCCO3)CC2)c1. The lowest BCUT2D eigenvalue weighted by Crippen LogP contribution is -2.42. The van der Waals surface area contributed by atoms with Crippen LogP contribution in [0.5, 0.6) is 0 Å². The summed E-state index contributed by atoms with van der Waals surface area (Å²) in [5.41, 5.74) is 1.31. The van der Waals surface area contributed by atoms with E-state index in [1.807, 2.05) is 4.90 Å². The summed E-state index contributed by atoms with van der Waals surface area (Å²) in [7, 11) is -0.607. The number of hydrogen-bond donors (Lipinski definition) is 0. The first-order chi connectivity index (χ1) is 14.4. The van der Waals surface area contributed by atoms with Crippen molar-refractivity contribution in [1.29, 1.82) is 0 Å². The highest BCUT2D eigenvalue weighted by Gasteiger charge is 2.33. The van der Waals surface area contributed by atoms with Crippen molar-refractivity contribution in [2.75, 3.05) is 58.4 Å². The molecule has 1 aromatic carbocycles. The van der Waals surface area contributed by atoms with Crippen LogP contribution in [0, 0.1) is 5.92 Å². The first kappa shape index (κ1) is 21.5. The third-order valence-electron chi connectivity index (χ3n) is 6.28. The monoisotopic (exact) mass is 437 g/mol. The molecule has 3 saturated heterocycles. The van der Waals surface area contributed by atoms with Gasteiger partial charge in [0.1, 0.15) is 0 Å². The van der Waals surface area contributed by atoms with Gasteiger partial charge in [0.25, 0.3) is 5.91 Å². The van der Waals surface area contributed by atoms with Crippen molar-refractivity contribution in [2.45, 2.75) is 36.9 Å². The van der Waals surface area contributed by atoms with E-state index in [4.69, 9.17) is 9.47 Å². The number of hydrogen-bond acceptors (Lipinski definition) is 6. The molecule has 0 bridgehead atoms. The molecule has 0 spiro atoms. The zero-order chi connectivity index (χ0) is 21.3. The lowest BCUT2D eigenvalue weighted by molar-refractivity contribution is -0.0956. The van der Waals surface area contributed by atoms with Crippen LogP contribution < -0.4 is 4.90 Å². The average molecular weight is 438 g/mol. The Balaban J connectivity index is 1.58. The van der Waals surface area contributed by atoms with Crippen LogP contribution in [-0.4, -0.2) is 83.3 Å². The number of carbonyl (C=O) groups is 1. The molecule has 0 atom stereocenters. The first-order valence-electron chi connectivity index (χ1n) is 10.7. The molecule has 0 aliphatic carbocycles. The van der Waals surface area contributed by atoms with E-state index in [1.54, 1.807) is 18.2 Å². The number of amides is 1. The maximum absolute atomic E-state index is 13.5. The number of sulfonamides is 1. The van der Waals surface area contributed by atoms with Gasteiger partial charge >= 0.3 is 0 Å². The molecule has 3 heterocycles. The normalized spacial score (nSPS) is 21.7. The van der Waals surface area contributed by atoms with Crippen LogP contribution in [-0.2, 0) is 19.5 Å². The Bertz CT molecular complexity index is 869. The minimum atomic E-state index is -3.61. The van der Waals surface area contributed by atoms with Crippen molar-refractivity contribution in [3.05, 3.63) is 23.8 Å². The summed E-state index contributed by atoms with van der Waals surface area (Å²) in [5, 5.41) is 0. The van der Waals surface area contributed by atoms with Crippen molar-refractivity contribution >= 4 is 21.6 Å². The van der Waals surface area contributed by atoms with Gasteiger partial charge in [-0.2, -0.15) is 0 Å². The maximum Gasteiger partial charge on any atom is 0.256 e. The van der Waals surface area contributed by atoms with Gasteiger partial charge in [0.2, 0.25) is 10.0 Å². The summed E-state index contributed by atoms with van der Waals surface area (Å²) < 4.78 is 37.8. The Morgan fingerprint density at radius 1 is 1.03 bits per heavy atom. The quantitative estimate of drug-likeness (QED) is 0.699. The maximum atomic E-state index is 13.5. The highest BCUT2D eigenvalue weighted by atomic mass is 32.2. The number of benzene rings is 1.